The highest BCUT2D eigenvalue weighted by Crippen LogP contribution is 2.38. The molecule has 0 bridgehead atoms. The van der Waals surface area contributed by atoms with Gasteiger partial charge in [-0.15, -0.1) is 0 Å². The number of carbonyl (C=O) groups is 8. The van der Waals surface area contributed by atoms with E-state index in [0.717, 1.165) is 55.6 Å². The average molecular weight is 739 g/mol. The summed E-state index contributed by atoms with van der Waals surface area (Å²) in [4.78, 5) is 97.2. The average Bonchev–Trinajstić information content (AvgIpc) is 2.99. The van der Waals surface area contributed by atoms with Crippen LogP contribution in [0.3, 0.4) is 0 Å². The van der Waals surface area contributed by atoms with Gasteiger partial charge in [0.05, 0.1) is 13.2 Å². The van der Waals surface area contributed by atoms with Crippen LogP contribution in [0.15, 0.2) is 0 Å². The molecule has 21 nitrogen and oxygen atoms in total. The number of hydrogen-bond acceptors (Lipinski definition) is 21. The molecule has 2 saturated heterocycles. The molecule has 0 aliphatic carbocycles. The van der Waals surface area contributed by atoms with E-state index in [1.165, 1.54) is 0 Å². The van der Waals surface area contributed by atoms with E-state index in [1.54, 1.807) is 0 Å². The molecule has 2 rings (SSSR count). The smallest absolute Gasteiger partial charge is 0.366 e. The Bertz CT molecular complexity index is 1310. The number of carbonyl (C=O) groups excluding carboxylic acids is 8. The fourth-order valence-electron chi connectivity index (χ4n) is 5.29. The zero-order valence-corrected chi connectivity index (χ0v) is 29.0. The molecule has 0 aromatic rings. The van der Waals surface area contributed by atoms with Gasteiger partial charge in [-0.25, -0.2) is 4.79 Å². The molecular weight excluding hydrogens is 696 g/mol. The topological polar surface area (TPSA) is 279 Å². The van der Waals surface area contributed by atoms with E-state index < -0.39 is 134 Å². The first-order chi connectivity index (χ1) is 23.7. The zero-order valence-electron chi connectivity index (χ0n) is 29.0. The minimum Gasteiger partial charge on any atom is -0.465 e. The summed E-state index contributed by atoms with van der Waals surface area (Å²) in [6, 6.07) is 0. The lowest BCUT2D eigenvalue weighted by Gasteiger charge is -2.49. The van der Waals surface area contributed by atoms with Crippen molar-refractivity contribution < 1.29 is 101 Å². The van der Waals surface area contributed by atoms with Crippen LogP contribution in [0.4, 0.5) is 0 Å². The molecule has 51 heavy (non-hydrogen) atoms. The third kappa shape index (κ3) is 12.4. The second-order valence-corrected chi connectivity index (χ2v) is 11.3. The Hall–Kier alpha value is -4.44. The molecule has 0 saturated carbocycles. The van der Waals surface area contributed by atoms with E-state index in [2.05, 4.69) is 4.74 Å². The predicted octanol–water partition coefficient (Wildman–Crippen LogP) is -2.11. The molecule has 0 amide bonds. The molecule has 2 aliphatic rings. The minimum absolute atomic E-state index is 0.712. The molecular formula is C30H42O21. The maximum Gasteiger partial charge on any atom is 0.366 e. The normalized spacial score (nSPS) is 29.9. The van der Waals surface area contributed by atoms with E-state index in [9.17, 15) is 48.6 Å². The number of methoxy groups -OCH3 is 1. The fourth-order valence-corrected chi connectivity index (χ4v) is 5.29. The van der Waals surface area contributed by atoms with Gasteiger partial charge < -0.3 is 62.3 Å². The van der Waals surface area contributed by atoms with Gasteiger partial charge in [0.15, 0.2) is 36.8 Å². The summed E-state index contributed by atoms with van der Waals surface area (Å²) in [6.07, 6.45) is -19.2. The quantitative estimate of drug-likeness (QED) is 0.142. The van der Waals surface area contributed by atoms with Crippen LogP contribution in [0.1, 0.15) is 54.9 Å². The summed E-state index contributed by atoms with van der Waals surface area (Å²) in [7, 11) is 0.903. The van der Waals surface area contributed by atoms with E-state index in [1.807, 2.05) is 0 Å². The minimum atomic E-state index is -2.89. The number of aliphatic hydroxyl groups is 2. The molecule has 2 heterocycles. The van der Waals surface area contributed by atoms with Gasteiger partial charge in [0, 0.05) is 54.9 Å². The monoisotopic (exact) mass is 738 g/mol. The van der Waals surface area contributed by atoms with Crippen molar-refractivity contribution >= 4 is 47.8 Å². The molecule has 1 unspecified atom stereocenters. The number of ether oxygens (including phenoxy) is 11. The van der Waals surface area contributed by atoms with E-state index >= 15 is 0 Å². The van der Waals surface area contributed by atoms with Gasteiger partial charge in [0.25, 0.3) is 5.79 Å². The second-order valence-electron chi connectivity index (χ2n) is 11.3. The standard InChI is InChI=1S/C30H42O21/c1-12(31)42-10-20(44-14(3)33)23-25(46-16(5)35)26(47-17(6)36)27(48-18(7)37)28(50-23)49-22-19(38)9-30(40,29(39)41-8)51-24(22)21(45-15(4)34)11-43-13(2)32/h19-28,38,40H,9-11H2,1-8H3/t19-,20+,21-,22-,23-,24-,25-,26+,27+,28+,30?/m1/s1. The largest absolute Gasteiger partial charge is 0.465 e. The van der Waals surface area contributed by atoms with E-state index in [-0.39, 0.29) is 0 Å². The lowest BCUT2D eigenvalue weighted by atomic mass is 9.91. The van der Waals surface area contributed by atoms with Crippen LogP contribution in [-0.4, -0.2) is 145 Å². The first kappa shape index (κ1) is 42.7. The number of esters is 8. The van der Waals surface area contributed by atoms with Crippen LogP contribution >= 0.6 is 0 Å². The van der Waals surface area contributed by atoms with Crippen molar-refractivity contribution in [3.8, 4) is 0 Å². The van der Waals surface area contributed by atoms with Gasteiger partial charge in [-0.1, -0.05) is 0 Å². The van der Waals surface area contributed by atoms with Crippen LogP contribution in [0.5, 0.6) is 0 Å². The van der Waals surface area contributed by atoms with Crippen molar-refractivity contribution in [2.75, 3.05) is 20.3 Å². The highest BCUT2D eigenvalue weighted by atomic mass is 16.8. The SMILES string of the molecule is COC(=O)C1(O)C[C@@H](O)[C@@H](O[C@H]2O[C@H]([C@H](COC(C)=O)OC(C)=O)[C@@H](OC(C)=O)[C@H](OC(C)=O)[C@@H]2OC(C)=O)[C@@H]([C@@H](COC(C)=O)OC(C)=O)O1. The van der Waals surface area contributed by atoms with Gasteiger partial charge in [0.2, 0.25) is 0 Å². The van der Waals surface area contributed by atoms with E-state index in [0.29, 0.717) is 0 Å². The first-order valence-electron chi connectivity index (χ1n) is 15.3. The van der Waals surface area contributed by atoms with Gasteiger partial charge in [-0.05, 0) is 0 Å². The van der Waals surface area contributed by atoms with Crippen LogP contribution in [0.25, 0.3) is 0 Å². The summed E-state index contributed by atoms with van der Waals surface area (Å²) >= 11 is 0. The number of aliphatic hydroxyl groups excluding tert-OH is 1. The van der Waals surface area contributed by atoms with Crippen molar-refractivity contribution in [1.29, 1.82) is 0 Å². The molecule has 21 heteroatoms. The molecule has 11 atom stereocenters. The third-order valence-electron chi connectivity index (χ3n) is 7.02. The Morgan fingerprint density at radius 3 is 1.53 bits per heavy atom. The summed E-state index contributed by atoms with van der Waals surface area (Å²) in [5.41, 5.74) is 0. The summed E-state index contributed by atoms with van der Waals surface area (Å²) in [5, 5.41) is 22.4. The van der Waals surface area contributed by atoms with Crippen LogP contribution < -0.4 is 0 Å². The zero-order chi connectivity index (χ0) is 38.8. The highest BCUT2D eigenvalue weighted by molar-refractivity contribution is 5.77. The number of rotatable bonds is 14. The van der Waals surface area contributed by atoms with Crippen LogP contribution in [0.2, 0.25) is 0 Å². The number of hydrogen-bond donors (Lipinski definition) is 2. The second kappa shape index (κ2) is 18.7. The Labute approximate surface area is 290 Å². The maximum atomic E-state index is 12.6. The fraction of sp³-hybridized carbons (Fsp3) is 0.733. The van der Waals surface area contributed by atoms with Gasteiger partial charge in [0.1, 0.15) is 31.5 Å². The van der Waals surface area contributed by atoms with Crippen molar-refractivity contribution in [2.24, 2.45) is 0 Å². The molecule has 2 N–H and O–H groups in total. The Kier molecular flexibility index (Phi) is 15.7. The summed E-state index contributed by atoms with van der Waals surface area (Å²) in [6.45, 7) is 5.40. The van der Waals surface area contributed by atoms with Gasteiger partial charge in [-0.3, -0.25) is 33.6 Å². The van der Waals surface area contributed by atoms with Crippen LogP contribution in [0, 0.1) is 0 Å². The van der Waals surface area contributed by atoms with Crippen molar-refractivity contribution in [1.82, 2.24) is 0 Å². The molecule has 288 valence electrons. The third-order valence-corrected chi connectivity index (χ3v) is 7.02. The molecule has 2 aliphatic heterocycles. The first-order valence-corrected chi connectivity index (χ1v) is 15.3. The molecule has 0 spiro atoms. The molecule has 0 radical (unpaired) electrons. The molecule has 0 aromatic heterocycles. The lowest BCUT2D eigenvalue weighted by Crippen LogP contribution is -2.68. The summed E-state index contributed by atoms with van der Waals surface area (Å²) < 4.78 is 59.1. The van der Waals surface area contributed by atoms with Crippen LogP contribution in [-0.2, 0) is 90.5 Å². The lowest BCUT2D eigenvalue weighted by molar-refractivity contribution is -0.365. The molecule has 2 fully saturated rings. The van der Waals surface area contributed by atoms with Crippen molar-refractivity contribution in [3.05, 3.63) is 0 Å². The van der Waals surface area contributed by atoms with Crippen molar-refractivity contribution in [3.63, 3.8) is 0 Å². The Morgan fingerprint density at radius 1 is 0.647 bits per heavy atom. The summed E-state index contributed by atoms with van der Waals surface area (Å²) in [5.74, 6) is -10.9. The Morgan fingerprint density at radius 2 is 1.10 bits per heavy atom. The van der Waals surface area contributed by atoms with Gasteiger partial charge in [-0.2, -0.15) is 0 Å². The molecule has 0 aromatic carbocycles. The predicted molar refractivity (Wildman–Crippen MR) is 157 cm³/mol. The van der Waals surface area contributed by atoms with Gasteiger partial charge >= 0.3 is 47.8 Å². The Balaban J connectivity index is 2.80. The van der Waals surface area contributed by atoms with Crippen molar-refractivity contribution in [2.45, 2.75) is 122 Å². The maximum absolute atomic E-state index is 12.6. The highest BCUT2D eigenvalue weighted by Gasteiger charge is 2.60. The van der Waals surface area contributed by atoms with E-state index in [4.69, 9.17) is 47.4 Å².